The summed E-state index contributed by atoms with van der Waals surface area (Å²) in [5, 5.41) is 6.46. The molecular weight excluding hydrogens is 236 g/mol. The van der Waals surface area contributed by atoms with E-state index in [0.717, 1.165) is 17.3 Å². The highest BCUT2D eigenvalue weighted by atomic mass is 16.1. The van der Waals surface area contributed by atoms with Crippen molar-refractivity contribution in [1.29, 1.82) is 0 Å². The van der Waals surface area contributed by atoms with Crippen molar-refractivity contribution in [3.8, 4) is 0 Å². The van der Waals surface area contributed by atoms with Gasteiger partial charge >= 0.3 is 0 Å². The molecule has 1 saturated carbocycles. The molecule has 3 nitrogen and oxygen atoms in total. The molecule has 100 valence electrons. The molecule has 3 rings (SSSR count). The maximum Gasteiger partial charge on any atom is 0.221 e. The van der Waals surface area contributed by atoms with Crippen molar-refractivity contribution >= 4 is 17.3 Å². The van der Waals surface area contributed by atoms with Crippen LogP contribution in [-0.2, 0) is 4.79 Å². The standard InChI is InChI=1S/C16H20N2O/c1-10-6-7-13(17-11(2)19)9-15(10)18-16-8-12-4-3-5-14(12)16/h3,5-7,9,12,14,16,18H,4,8H2,1-2H3,(H,17,19). The van der Waals surface area contributed by atoms with Gasteiger partial charge < -0.3 is 10.6 Å². The smallest absolute Gasteiger partial charge is 0.221 e. The third kappa shape index (κ3) is 2.37. The SMILES string of the molecule is CC(=O)Nc1ccc(C)c(NC2CC3CC=CC32)c1. The van der Waals surface area contributed by atoms with Crippen LogP contribution in [0.15, 0.2) is 30.4 Å². The maximum absolute atomic E-state index is 11.1. The molecule has 1 amide bonds. The zero-order valence-corrected chi connectivity index (χ0v) is 11.4. The van der Waals surface area contributed by atoms with Gasteiger partial charge in [-0.3, -0.25) is 4.79 Å². The van der Waals surface area contributed by atoms with E-state index >= 15 is 0 Å². The average Bonchev–Trinajstić information content (AvgIpc) is 2.70. The number of hydrogen-bond donors (Lipinski definition) is 2. The van der Waals surface area contributed by atoms with Crippen molar-refractivity contribution in [3.05, 3.63) is 35.9 Å². The van der Waals surface area contributed by atoms with E-state index in [0.29, 0.717) is 12.0 Å². The van der Waals surface area contributed by atoms with Crippen LogP contribution in [0.4, 0.5) is 11.4 Å². The highest BCUT2D eigenvalue weighted by Gasteiger charge is 2.40. The molecule has 0 saturated heterocycles. The normalized spacial score (nSPS) is 27.6. The molecule has 0 bridgehead atoms. The van der Waals surface area contributed by atoms with Gasteiger partial charge in [0.05, 0.1) is 0 Å². The van der Waals surface area contributed by atoms with Gasteiger partial charge in [0.1, 0.15) is 0 Å². The van der Waals surface area contributed by atoms with Crippen LogP contribution in [0.1, 0.15) is 25.3 Å². The number of carbonyl (C=O) groups excluding carboxylic acids is 1. The highest BCUT2D eigenvalue weighted by molar-refractivity contribution is 5.89. The Kier molecular flexibility index (Phi) is 3.05. The van der Waals surface area contributed by atoms with Gasteiger partial charge in [0.25, 0.3) is 0 Å². The van der Waals surface area contributed by atoms with Gasteiger partial charge in [-0.2, -0.15) is 0 Å². The van der Waals surface area contributed by atoms with Crippen LogP contribution >= 0.6 is 0 Å². The van der Waals surface area contributed by atoms with Gasteiger partial charge in [-0.25, -0.2) is 0 Å². The molecule has 2 N–H and O–H groups in total. The summed E-state index contributed by atoms with van der Waals surface area (Å²) in [4.78, 5) is 11.1. The first-order valence-electron chi connectivity index (χ1n) is 6.95. The Bertz CT molecular complexity index is 536. The van der Waals surface area contributed by atoms with Crippen LogP contribution < -0.4 is 10.6 Å². The number of carbonyl (C=O) groups is 1. The number of fused-ring (bicyclic) bond motifs is 1. The topological polar surface area (TPSA) is 41.1 Å². The molecule has 0 heterocycles. The van der Waals surface area contributed by atoms with E-state index < -0.39 is 0 Å². The van der Waals surface area contributed by atoms with E-state index in [2.05, 4.69) is 29.7 Å². The van der Waals surface area contributed by atoms with Crippen LogP contribution in [0.3, 0.4) is 0 Å². The minimum absolute atomic E-state index is 0.0303. The summed E-state index contributed by atoms with van der Waals surface area (Å²) in [6.07, 6.45) is 7.14. The van der Waals surface area contributed by atoms with Crippen molar-refractivity contribution in [2.45, 2.75) is 32.7 Å². The Morgan fingerprint density at radius 1 is 1.37 bits per heavy atom. The van der Waals surface area contributed by atoms with Gasteiger partial charge in [-0.1, -0.05) is 18.2 Å². The summed E-state index contributed by atoms with van der Waals surface area (Å²) < 4.78 is 0. The van der Waals surface area contributed by atoms with Crippen LogP contribution in [0.5, 0.6) is 0 Å². The molecule has 1 fully saturated rings. The molecule has 1 aromatic rings. The van der Waals surface area contributed by atoms with E-state index in [1.54, 1.807) is 0 Å². The second-order valence-corrected chi connectivity index (χ2v) is 5.70. The van der Waals surface area contributed by atoms with Crippen molar-refractivity contribution in [3.63, 3.8) is 0 Å². The summed E-state index contributed by atoms with van der Waals surface area (Å²) in [6.45, 7) is 3.63. The molecule has 3 heteroatoms. The molecule has 0 aliphatic heterocycles. The van der Waals surface area contributed by atoms with Gasteiger partial charge in [0.15, 0.2) is 0 Å². The Balaban J connectivity index is 1.73. The van der Waals surface area contributed by atoms with Crippen molar-refractivity contribution in [1.82, 2.24) is 0 Å². The number of rotatable bonds is 3. The molecule has 0 spiro atoms. The lowest BCUT2D eigenvalue weighted by Gasteiger charge is -2.41. The van der Waals surface area contributed by atoms with E-state index in [4.69, 9.17) is 0 Å². The predicted molar refractivity (Wildman–Crippen MR) is 78.2 cm³/mol. The number of allylic oxidation sites excluding steroid dienone is 1. The zero-order chi connectivity index (χ0) is 13.4. The number of amides is 1. The molecule has 2 aliphatic carbocycles. The lowest BCUT2D eigenvalue weighted by atomic mass is 9.71. The number of anilines is 2. The summed E-state index contributed by atoms with van der Waals surface area (Å²) in [7, 11) is 0. The van der Waals surface area contributed by atoms with E-state index in [1.165, 1.54) is 25.3 Å². The number of benzene rings is 1. The summed E-state index contributed by atoms with van der Waals surface area (Å²) in [5.74, 6) is 1.53. The third-order valence-electron chi connectivity index (χ3n) is 4.26. The quantitative estimate of drug-likeness (QED) is 0.814. The molecule has 3 atom stereocenters. The minimum Gasteiger partial charge on any atom is -0.381 e. The number of hydrogen-bond acceptors (Lipinski definition) is 2. The van der Waals surface area contributed by atoms with Crippen molar-refractivity contribution < 1.29 is 4.79 Å². The van der Waals surface area contributed by atoms with Crippen LogP contribution in [0.2, 0.25) is 0 Å². The lowest BCUT2D eigenvalue weighted by Crippen LogP contribution is -2.43. The van der Waals surface area contributed by atoms with Gasteiger partial charge in [0, 0.05) is 30.3 Å². The molecule has 2 aliphatic rings. The molecule has 0 radical (unpaired) electrons. The first-order chi connectivity index (χ1) is 9.13. The summed E-state index contributed by atoms with van der Waals surface area (Å²) >= 11 is 0. The molecule has 0 aromatic heterocycles. The fourth-order valence-corrected chi connectivity index (χ4v) is 3.14. The fraction of sp³-hybridized carbons (Fsp3) is 0.438. The fourth-order valence-electron chi connectivity index (χ4n) is 3.14. The predicted octanol–water partition coefficient (Wildman–Crippen LogP) is 3.33. The Morgan fingerprint density at radius 2 is 2.21 bits per heavy atom. The summed E-state index contributed by atoms with van der Waals surface area (Å²) in [5.41, 5.74) is 3.22. The highest BCUT2D eigenvalue weighted by Crippen LogP contribution is 2.44. The Hall–Kier alpha value is -1.77. The van der Waals surface area contributed by atoms with Crippen molar-refractivity contribution in [2.75, 3.05) is 10.6 Å². The average molecular weight is 256 g/mol. The first-order valence-corrected chi connectivity index (χ1v) is 6.95. The second-order valence-electron chi connectivity index (χ2n) is 5.70. The minimum atomic E-state index is -0.0303. The lowest BCUT2D eigenvalue weighted by molar-refractivity contribution is -0.114. The van der Waals surface area contributed by atoms with E-state index in [-0.39, 0.29) is 5.91 Å². The van der Waals surface area contributed by atoms with Crippen LogP contribution in [0, 0.1) is 18.8 Å². The van der Waals surface area contributed by atoms with Crippen LogP contribution in [-0.4, -0.2) is 11.9 Å². The van der Waals surface area contributed by atoms with E-state index in [9.17, 15) is 4.79 Å². The molecule has 1 aromatic carbocycles. The zero-order valence-electron chi connectivity index (χ0n) is 11.4. The molecule has 19 heavy (non-hydrogen) atoms. The summed E-state index contributed by atoms with van der Waals surface area (Å²) in [6, 6.07) is 6.58. The van der Waals surface area contributed by atoms with Crippen molar-refractivity contribution in [2.24, 2.45) is 11.8 Å². The Labute approximate surface area is 114 Å². The third-order valence-corrected chi connectivity index (χ3v) is 4.26. The maximum atomic E-state index is 11.1. The van der Waals surface area contributed by atoms with Gasteiger partial charge in [-0.15, -0.1) is 0 Å². The molecule has 3 unspecified atom stereocenters. The number of aryl methyl sites for hydroxylation is 1. The van der Waals surface area contributed by atoms with E-state index in [1.807, 2.05) is 18.2 Å². The largest absolute Gasteiger partial charge is 0.381 e. The number of nitrogens with one attached hydrogen (secondary N) is 2. The molecular formula is C16H20N2O. The van der Waals surface area contributed by atoms with Gasteiger partial charge in [0.2, 0.25) is 5.91 Å². The second kappa shape index (κ2) is 4.72. The van der Waals surface area contributed by atoms with Gasteiger partial charge in [-0.05, 0) is 43.4 Å². The Morgan fingerprint density at radius 3 is 2.95 bits per heavy atom. The monoisotopic (exact) mass is 256 g/mol. The van der Waals surface area contributed by atoms with Crippen LogP contribution in [0.25, 0.3) is 0 Å². The first kappa shape index (κ1) is 12.3.